The summed E-state index contributed by atoms with van der Waals surface area (Å²) in [5.74, 6) is -0.348. The van der Waals surface area contributed by atoms with Crippen LogP contribution in [0.25, 0.3) is 0 Å². The molecular formula is C14H25F3N2O. The molecule has 1 aliphatic heterocycles. The molecule has 1 heterocycles. The first-order valence-corrected chi connectivity index (χ1v) is 7.30. The van der Waals surface area contributed by atoms with Crippen molar-refractivity contribution < 1.29 is 18.0 Å². The molecule has 1 atom stereocenters. The summed E-state index contributed by atoms with van der Waals surface area (Å²) < 4.78 is 38.1. The van der Waals surface area contributed by atoms with Crippen molar-refractivity contribution in [2.45, 2.75) is 58.7 Å². The Morgan fingerprint density at radius 3 is 2.45 bits per heavy atom. The lowest BCUT2D eigenvalue weighted by molar-refractivity contribution is -0.172. The number of alkyl halides is 3. The van der Waals surface area contributed by atoms with Crippen LogP contribution in [0, 0.1) is 5.41 Å². The van der Waals surface area contributed by atoms with E-state index in [0.717, 1.165) is 24.3 Å². The van der Waals surface area contributed by atoms with E-state index in [9.17, 15) is 18.0 Å². The molecule has 0 bridgehead atoms. The van der Waals surface area contributed by atoms with E-state index in [1.165, 1.54) is 0 Å². The van der Waals surface area contributed by atoms with E-state index in [1.807, 2.05) is 6.92 Å². The van der Waals surface area contributed by atoms with Gasteiger partial charge in [-0.2, -0.15) is 13.2 Å². The molecule has 1 fully saturated rings. The molecule has 3 nitrogen and oxygen atoms in total. The molecule has 6 heteroatoms. The lowest BCUT2D eigenvalue weighted by atomic mass is 9.75. The van der Waals surface area contributed by atoms with E-state index >= 15 is 0 Å². The zero-order valence-corrected chi connectivity index (χ0v) is 12.5. The quantitative estimate of drug-likeness (QED) is 0.845. The minimum absolute atomic E-state index is 0.348. The minimum atomic E-state index is -4.35. The van der Waals surface area contributed by atoms with Crippen LogP contribution >= 0.6 is 0 Å². The summed E-state index contributed by atoms with van der Waals surface area (Å²) in [5.41, 5.74) is -0.664. The molecule has 1 unspecified atom stereocenters. The summed E-state index contributed by atoms with van der Waals surface area (Å²) in [6.45, 7) is 5.40. The third-order valence-corrected chi connectivity index (χ3v) is 3.89. The van der Waals surface area contributed by atoms with Crippen LogP contribution in [0.5, 0.6) is 0 Å². The van der Waals surface area contributed by atoms with Gasteiger partial charge in [-0.05, 0) is 39.7 Å². The number of nitrogens with one attached hydrogen (secondary N) is 1. The first-order valence-electron chi connectivity index (χ1n) is 7.30. The van der Waals surface area contributed by atoms with E-state index in [1.54, 1.807) is 13.8 Å². The molecule has 1 aliphatic rings. The monoisotopic (exact) mass is 294 g/mol. The molecule has 1 N–H and O–H groups in total. The predicted molar refractivity (Wildman–Crippen MR) is 72.3 cm³/mol. The minimum Gasteiger partial charge on any atom is -0.331 e. The highest BCUT2D eigenvalue weighted by atomic mass is 19.4. The second-order valence-electron chi connectivity index (χ2n) is 5.95. The van der Waals surface area contributed by atoms with Crippen molar-refractivity contribution in [2.24, 2.45) is 5.41 Å². The van der Waals surface area contributed by atoms with Gasteiger partial charge in [0.1, 0.15) is 6.54 Å². The fourth-order valence-electron chi connectivity index (χ4n) is 2.94. The van der Waals surface area contributed by atoms with E-state index in [-0.39, 0.29) is 5.91 Å². The van der Waals surface area contributed by atoms with Crippen LogP contribution in [0.3, 0.4) is 0 Å². The molecule has 118 valence electrons. The van der Waals surface area contributed by atoms with Crippen LogP contribution < -0.4 is 5.32 Å². The Labute approximate surface area is 118 Å². The average Bonchev–Trinajstić information content (AvgIpc) is 2.35. The van der Waals surface area contributed by atoms with E-state index in [2.05, 4.69) is 5.32 Å². The van der Waals surface area contributed by atoms with Gasteiger partial charge in [-0.15, -0.1) is 0 Å². The van der Waals surface area contributed by atoms with Crippen LogP contribution in [-0.2, 0) is 4.79 Å². The fourth-order valence-corrected chi connectivity index (χ4v) is 2.94. The van der Waals surface area contributed by atoms with Crippen LogP contribution in [0.2, 0.25) is 0 Å². The van der Waals surface area contributed by atoms with Gasteiger partial charge in [0.15, 0.2) is 0 Å². The predicted octanol–water partition coefficient (Wildman–Crippen LogP) is 2.96. The molecule has 0 spiro atoms. The molecule has 0 aliphatic carbocycles. The molecule has 1 saturated heterocycles. The van der Waals surface area contributed by atoms with Crippen molar-refractivity contribution in [3.8, 4) is 0 Å². The Morgan fingerprint density at radius 1 is 1.40 bits per heavy atom. The van der Waals surface area contributed by atoms with E-state index in [4.69, 9.17) is 0 Å². The zero-order valence-electron chi connectivity index (χ0n) is 12.5. The van der Waals surface area contributed by atoms with Crippen LogP contribution in [-0.4, -0.2) is 42.7 Å². The highest BCUT2D eigenvalue weighted by Crippen LogP contribution is 2.35. The molecular weight excluding hydrogens is 269 g/mol. The number of hydrogen-bond donors (Lipinski definition) is 1. The Morgan fingerprint density at radius 2 is 2.05 bits per heavy atom. The fraction of sp³-hybridized carbons (Fsp3) is 0.929. The third kappa shape index (κ3) is 4.36. The number of hydrogen-bond acceptors (Lipinski definition) is 2. The Bertz CT molecular complexity index is 317. The number of rotatable bonds is 5. The number of carbonyl (C=O) groups is 1. The summed E-state index contributed by atoms with van der Waals surface area (Å²) in [6, 6.07) is -0.445. The van der Waals surface area contributed by atoms with Crippen molar-refractivity contribution in [3.63, 3.8) is 0 Å². The van der Waals surface area contributed by atoms with Crippen LogP contribution in [0.4, 0.5) is 13.2 Å². The first kappa shape index (κ1) is 17.3. The maximum absolute atomic E-state index is 12.7. The Balaban J connectivity index is 2.94. The summed E-state index contributed by atoms with van der Waals surface area (Å²) in [7, 11) is 0. The van der Waals surface area contributed by atoms with Crippen molar-refractivity contribution in [1.82, 2.24) is 10.2 Å². The topological polar surface area (TPSA) is 32.3 Å². The average molecular weight is 294 g/mol. The zero-order chi connectivity index (χ0) is 15.4. The number of amides is 1. The lowest BCUT2D eigenvalue weighted by Gasteiger charge is -2.41. The van der Waals surface area contributed by atoms with Crippen LogP contribution in [0.15, 0.2) is 0 Å². The molecule has 20 heavy (non-hydrogen) atoms. The Kier molecular flexibility index (Phi) is 5.86. The molecule has 0 saturated carbocycles. The van der Waals surface area contributed by atoms with Crippen LogP contribution in [0.1, 0.15) is 46.5 Å². The van der Waals surface area contributed by atoms with E-state index < -0.39 is 24.2 Å². The number of nitrogens with zero attached hydrogens (tertiary/aromatic N) is 1. The maximum atomic E-state index is 12.7. The smallest absolute Gasteiger partial charge is 0.331 e. The largest absolute Gasteiger partial charge is 0.406 e. The van der Waals surface area contributed by atoms with Crippen molar-refractivity contribution in [3.05, 3.63) is 0 Å². The standard InChI is InChI=1S/C14H25F3N2O/c1-4-6-13(7-5-8-18-9-13)12(20)19(11(2)3)10-14(15,16)17/h11,18H,4-10H2,1-3H3. The SMILES string of the molecule is CCCC1(C(=O)N(CC(F)(F)F)C(C)C)CCCNC1. The van der Waals surface area contributed by atoms with Gasteiger partial charge in [0.25, 0.3) is 0 Å². The van der Waals surface area contributed by atoms with Gasteiger partial charge in [0.05, 0.1) is 5.41 Å². The van der Waals surface area contributed by atoms with Gasteiger partial charge < -0.3 is 10.2 Å². The maximum Gasteiger partial charge on any atom is 0.406 e. The highest BCUT2D eigenvalue weighted by Gasteiger charge is 2.44. The van der Waals surface area contributed by atoms with E-state index in [0.29, 0.717) is 19.4 Å². The second kappa shape index (κ2) is 6.78. The van der Waals surface area contributed by atoms with Crippen molar-refractivity contribution in [1.29, 1.82) is 0 Å². The number of piperidine rings is 1. The summed E-state index contributed by atoms with van der Waals surface area (Å²) >= 11 is 0. The van der Waals surface area contributed by atoms with Gasteiger partial charge in [-0.1, -0.05) is 13.3 Å². The second-order valence-corrected chi connectivity index (χ2v) is 5.95. The van der Waals surface area contributed by atoms with Gasteiger partial charge in [-0.25, -0.2) is 0 Å². The van der Waals surface area contributed by atoms with Gasteiger partial charge in [-0.3, -0.25) is 4.79 Å². The van der Waals surface area contributed by atoms with Gasteiger partial charge >= 0.3 is 6.18 Å². The molecule has 1 amide bonds. The summed E-state index contributed by atoms with van der Waals surface area (Å²) in [6.07, 6.45) is -1.40. The number of halogens is 3. The summed E-state index contributed by atoms with van der Waals surface area (Å²) in [5, 5.41) is 3.17. The molecule has 0 aromatic carbocycles. The molecule has 0 aromatic heterocycles. The summed E-state index contributed by atoms with van der Waals surface area (Å²) in [4.78, 5) is 13.7. The van der Waals surface area contributed by atoms with Crippen molar-refractivity contribution in [2.75, 3.05) is 19.6 Å². The first-order chi connectivity index (χ1) is 9.22. The normalized spacial score (nSPS) is 23.9. The molecule has 0 aromatic rings. The van der Waals surface area contributed by atoms with Gasteiger partial charge in [0.2, 0.25) is 5.91 Å². The highest BCUT2D eigenvalue weighted by molar-refractivity contribution is 5.83. The molecule has 1 rings (SSSR count). The van der Waals surface area contributed by atoms with Gasteiger partial charge in [0, 0.05) is 12.6 Å². The number of carbonyl (C=O) groups excluding carboxylic acids is 1. The lowest BCUT2D eigenvalue weighted by Crippen LogP contribution is -2.55. The Hall–Kier alpha value is -0.780. The third-order valence-electron chi connectivity index (χ3n) is 3.89. The molecule has 0 radical (unpaired) electrons. The van der Waals surface area contributed by atoms with Crippen molar-refractivity contribution >= 4 is 5.91 Å².